The predicted molar refractivity (Wildman–Crippen MR) is 69.3 cm³/mol. The lowest BCUT2D eigenvalue weighted by Crippen LogP contribution is -2.53. The molecule has 1 aliphatic heterocycles. The zero-order valence-electron chi connectivity index (χ0n) is 11.5. The smallest absolute Gasteiger partial charge is 0.305 e. The van der Waals surface area contributed by atoms with E-state index in [1.807, 2.05) is 20.8 Å². The van der Waals surface area contributed by atoms with E-state index in [4.69, 9.17) is 5.11 Å². The number of carbonyl (C=O) groups is 2. The fourth-order valence-corrected chi connectivity index (χ4v) is 2.10. The van der Waals surface area contributed by atoms with Crippen molar-refractivity contribution < 1.29 is 14.7 Å². The van der Waals surface area contributed by atoms with Gasteiger partial charge in [-0.1, -0.05) is 27.2 Å². The molecule has 104 valence electrons. The van der Waals surface area contributed by atoms with E-state index in [0.717, 1.165) is 25.8 Å². The van der Waals surface area contributed by atoms with Gasteiger partial charge in [-0.2, -0.15) is 0 Å². The Bertz CT molecular complexity index is 304. The van der Waals surface area contributed by atoms with Gasteiger partial charge >= 0.3 is 5.97 Å². The molecule has 0 aromatic carbocycles. The van der Waals surface area contributed by atoms with E-state index < -0.39 is 5.97 Å². The van der Waals surface area contributed by atoms with Crippen LogP contribution in [0, 0.1) is 5.41 Å². The summed E-state index contributed by atoms with van der Waals surface area (Å²) in [5.41, 5.74) is -0.261. The van der Waals surface area contributed by atoms with Gasteiger partial charge in [-0.05, 0) is 24.8 Å². The van der Waals surface area contributed by atoms with E-state index in [2.05, 4.69) is 10.6 Å². The van der Waals surface area contributed by atoms with Crippen molar-refractivity contribution in [2.24, 2.45) is 5.41 Å². The van der Waals surface area contributed by atoms with Crippen molar-refractivity contribution in [3.63, 3.8) is 0 Å². The highest BCUT2D eigenvalue weighted by Crippen LogP contribution is 2.22. The van der Waals surface area contributed by atoms with Gasteiger partial charge in [0.05, 0.1) is 12.5 Å². The van der Waals surface area contributed by atoms with Crippen LogP contribution in [-0.2, 0) is 9.59 Å². The molecule has 1 heterocycles. The van der Waals surface area contributed by atoms with Crippen LogP contribution in [0.3, 0.4) is 0 Å². The largest absolute Gasteiger partial charge is 0.481 e. The Kier molecular flexibility index (Phi) is 5.14. The molecule has 1 amide bonds. The lowest BCUT2D eigenvalue weighted by atomic mass is 9.84. The van der Waals surface area contributed by atoms with Gasteiger partial charge in [0.1, 0.15) is 0 Å². The molecule has 0 saturated carbocycles. The van der Waals surface area contributed by atoms with Crippen LogP contribution in [0.5, 0.6) is 0 Å². The highest BCUT2D eigenvalue weighted by Gasteiger charge is 2.31. The first-order valence-electron chi connectivity index (χ1n) is 6.56. The fraction of sp³-hybridized carbons (Fsp3) is 0.846. The molecule has 0 aromatic rings. The standard InChI is InChI=1S/C13H24N2O3/c1-13(2,3)10(8-11(16)17)15-12(18)9-6-4-5-7-14-9/h9-10,14H,4-8H2,1-3H3,(H,15,18)(H,16,17). The van der Waals surface area contributed by atoms with Crippen molar-refractivity contribution in [3.05, 3.63) is 0 Å². The molecule has 1 rings (SSSR count). The van der Waals surface area contributed by atoms with E-state index in [0.29, 0.717) is 0 Å². The van der Waals surface area contributed by atoms with Crippen LogP contribution in [0.1, 0.15) is 46.5 Å². The lowest BCUT2D eigenvalue weighted by molar-refractivity contribution is -0.138. The van der Waals surface area contributed by atoms with Gasteiger partial charge < -0.3 is 15.7 Å². The Hall–Kier alpha value is -1.10. The fourth-order valence-electron chi connectivity index (χ4n) is 2.10. The van der Waals surface area contributed by atoms with Gasteiger partial charge in [0.25, 0.3) is 0 Å². The molecule has 18 heavy (non-hydrogen) atoms. The lowest BCUT2D eigenvalue weighted by Gasteiger charge is -2.32. The molecule has 0 radical (unpaired) electrons. The molecular formula is C13H24N2O3. The minimum absolute atomic E-state index is 0.0397. The summed E-state index contributed by atoms with van der Waals surface area (Å²) >= 11 is 0. The number of carbonyl (C=O) groups excluding carboxylic acids is 1. The topological polar surface area (TPSA) is 78.4 Å². The molecule has 3 N–H and O–H groups in total. The van der Waals surface area contributed by atoms with E-state index in [1.165, 1.54) is 0 Å². The van der Waals surface area contributed by atoms with Crippen molar-refractivity contribution in [1.82, 2.24) is 10.6 Å². The summed E-state index contributed by atoms with van der Waals surface area (Å²) in [5, 5.41) is 14.9. The van der Waals surface area contributed by atoms with E-state index >= 15 is 0 Å². The molecule has 1 fully saturated rings. The first-order valence-corrected chi connectivity index (χ1v) is 6.56. The molecule has 0 spiro atoms. The van der Waals surface area contributed by atoms with Gasteiger partial charge in [-0.15, -0.1) is 0 Å². The monoisotopic (exact) mass is 256 g/mol. The van der Waals surface area contributed by atoms with E-state index in [9.17, 15) is 9.59 Å². The summed E-state index contributed by atoms with van der Waals surface area (Å²) in [6, 6.07) is -0.511. The normalized spacial score (nSPS) is 22.3. The molecular weight excluding hydrogens is 232 g/mol. The van der Waals surface area contributed by atoms with Gasteiger partial charge in [0, 0.05) is 6.04 Å². The van der Waals surface area contributed by atoms with Crippen LogP contribution < -0.4 is 10.6 Å². The van der Waals surface area contributed by atoms with Gasteiger partial charge in [-0.3, -0.25) is 9.59 Å². The summed E-state index contributed by atoms with van der Waals surface area (Å²) in [5.74, 6) is -0.956. The number of amides is 1. The van der Waals surface area contributed by atoms with E-state index in [1.54, 1.807) is 0 Å². The van der Waals surface area contributed by atoms with Crippen molar-refractivity contribution in [2.75, 3.05) is 6.54 Å². The third-order valence-electron chi connectivity index (χ3n) is 3.37. The van der Waals surface area contributed by atoms with Crippen LogP contribution in [0.2, 0.25) is 0 Å². The van der Waals surface area contributed by atoms with Crippen molar-refractivity contribution in [1.29, 1.82) is 0 Å². The second-order valence-corrected chi connectivity index (χ2v) is 6.03. The number of nitrogens with one attached hydrogen (secondary N) is 2. The number of carboxylic acid groups (broad SMARTS) is 1. The maximum atomic E-state index is 12.1. The summed E-state index contributed by atoms with van der Waals surface area (Å²) in [4.78, 5) is 22.9. The first kappa shape index (κ1) is 15.0. The number of hydrogen-bond donors (Lipinski definition) is 3. The van der Waals surface area contributed by atoms with Gasteiger partial charge in [0.2, 0.25) is 5.91 Å². The van der Waals surface area contributed by atoms with Gasteiger partial charge in [-0.25, -0.2) is 0 Å². The molecule has 1 aliphatic rings. The molecule has 1 saturated heterocycles. The summed E-state index contributed by atoms with van der Waals surface area (Å²) < 4.78 is 0. The quantitative estimate of drug-likeness (QED) is 0.704. The molecule has 5 heteroatoms. The Balaban J connectivity index is 2.59. The third kappa shape index (κ3) is 4.64. The number of hydrogen-bond acceptors (Lipinski definition) is 3. The van der Waals surface area contributed by atoms with Crippen LogP contribution in [0.4, 0.5) is 0 Å². The highest BCUT2D eigenvalue weighted by molar-refractivity contribution is 5.82. The summed E-state index contributed by atoms with van der Waals surface area (Å²) in [6.45, 7) is 6.68. The molecule has 0 aromatic heterocycles. The minimum Gasteiger partial charge on any atom is -0.481 e. The first-order chi connectivity index (χ1) is 8.30. The van der Waals surface area contributed by atoms with Crippen LogP contribution in [0.15, 0.2) is 0 Å². The Morgan fingerprint density at radius 1 is 1.39 bits per heavy atom. The van der Waals surface area contributed by atoms with Crippen LogP contribution >= 0.6 is 0 Å². The van der Waals surface area contributed by atoms with Crippen molar-refractivity contribution in [2.45, 2.75) is 58.5 Å². The zero-order chi connectivity index (χ0) is 13.8. The summed E-state index contributed by atoms with van der Waals surface area (Å²) in [6.07, 6.45) is 2.93. The van der Waals surface area contributed by atoms with Crippen molar-refractivity contribution >= 4 is 11.9 Å². The van der Waals surface area contributed by atoms with E-state index in [-0.39, 0.29) is 29.8 Å². The number of aliphatic carboxylic acids is 1. The number of rotatable bonds is 4. The van der Waals surface area contributed by atoms with Crippen LogP contribution in [-0.4, -0.2) is 35.6 Å². The SMILES string of the molecule is CC(C)(C)C(CC(=O)O)NC(=O)C1CCCCN1. The third-order valence-corrected chi connectivity index (χ3v) is 3.37. The summed E-state index contributed by atoms with van der Waals surface area (Å²) in [7, 11) is 0. The highest BCUT2D eigenvalue weighted by atomic mass is 16.4. The van der Waals surface area contributed by atoms with Crippen LogP contribution in [0.25, 0.3) is 0 Å². The van der Waals surface area contributed by atoms with Gasteiger partial charge in [0.15, 0.2) is 0 Å². The zero-order valence-corrected chi connectivity index (χ0v) is 11.5. The Labute approximate surface area is 108 Å². The average Bonchev–Trinajstić information content (AvgIpc) is 2.27. The molecule has 2 atom stereocenters. The molecule has 0 bridgehead atoms. The minimum atomic E-state index is -0.883. The molecule has 5 nitrogen and oxygen atoms in total. The maximum absolute atomic E-state index is 12.1. The Morgan fingerprint density at radius 2 is 2.06 bits per heavy atom. The molecule has 2 unspecified atom stereocenters. The number of piperidine rings is 1. The Morgan fingerprint density at radius 3 is 2.50 bits per heavy atom. The number of carboxylic acids is 1. The maximum Gasteiger partial charge on any atom is 0.305 e. The van der Waals surface area contributed by atoms with Crippen molar-refractivity contribution in [3.8, 4) is 0 Å². The second kappa shape index (κ2) is 6.18. The second-order valence-electron chi connectivity index (χ2n) is 6.03. The molecule has 0 aliphatic carbocycles. The predicted octanol–water partition coefficient (Wildman–Crippen LogP) is 1.13. The average molecular weight is 256 g/mol.